The summed E-state index contributed by atoms with van der Waals surface area (Å²) in [6, 6.07) is 13.6. The molecule has 3 aromatic rings. The number of aryl methyl sites for hydroxylation is 1. The number of hydrogen-bond acceptors (Lipinski definition) is 5. The zero-order valence-corrected chi connectivity index (χ0v) is 15.4. The summed E-state index contributed by atoms with van der Waals surface area (Å²) in [4.78, 5) is 12.6. The van der Waals surface area contributed by atoms with Gasteiger partial charge in [-0.15, -0.1) is 28.6 Å². The number of rotatable bonds is 4. The molecule has 5 nitrogen and oxygen atoms in total. The van der Waals surface area contributed by atoms with Gasteiger partial charge in [0.25, 0.3) is 5.91 Å². The van der Waals surface area contributed by atoms with E-state index in [0.717, 1.165) is 23.3 Å². The van der Waals surface area contributed by atoms with Crippen LogP contribution in [0.5, 0.6) is 0 Å². The molecule has 1 saturated heterocycles. The van der Waals surface area contributed by atoms with Crippen LogP contribution < -0.4 is 5.32 Å². The van der Waals surface area contributed by atoms with Crippen LogP contribution in [0.1, 0.15) is 27.4 Å². The summed E-state index contributed by atoms with van der Waals surface area (Å²) in [6.45, 7) is 2.77. The van der Waals surface area contributed by atoms with Gasteiger partial charge in [-0.1, -0.05) is 17.3 Å². The maximum atomic E-state index is 12.6. The highest BCUT2D eigenvalue weighted by atomic mass is 32.2. The van der Waals surface area contributed by atoms with E-state index >= 15 is 0 Å². The number of amides is 1. The van der Waals surface area contributed by atoms with E-state index in [1.165, 1.54) is 17.1 Å². The number of nitrogens with zero attached hydrogens (tertiary/aromatic N) is 3. The molecule has 1 amide bonds. The maximum Gasteiger partial charge on any atom is 0.255 e. The van der Waals surface area contributed by atoms with E-state index in [2.05, 4.69) is 27.8 Å². The molecule has 128 valence electrons. The van der Waals surface area contributed by atoms with E-state index in [4.69, 9.17) is 0 Å². The van der Waals surface area contributed by atoms with E-state index < -0.39 is 0 Å². The quantitative estimate of drug-likeness (QED) is 0.746. The van der Waals surface area contributed by atoms with Crippen molar-refractivity contribution in [2.75, 3.05) is 16.8 Å². The topological polar surface area (TPSA) is 59.8 Å². The molecule has 0 saturated carbocycles. The molecule has 25 heavy (non-hydrogen) atoms. The van der Waals surface area contributed by atoms with Crippen LogP contribution in [0.15, 0.2) is 42.5 Å². The van der Waals surface area contributed by atoms with Crippen molar-refractivity contribution < 1.29 is 4.79 Å². The molecule has 1 aromatic heterocycles. The predicted molar refractivity (Wildman–Crippen MR) is 105 cm³/mol. The van der Waals surface area contributed by atoms with Gasteiger partial charge in [0, 0.05) is 29.3 Å². The Morgan fingerprint density at radius 1 is 1.24 bits per heavy atom. The molecule has 1 fully saturated rings. The SMILES string of the molecule is CCn1nnc2cc(C(=O)Nc3cccc(C4SCCS4)c3)ccc21. The molecular weight excluding hydrogens is 352 g/mol. The Bertz CT molecular complexity index is 918. The zero-order chi connectivity index (χ0) is 17.2. The van der Waals surface area contributed by atoms with Crippen LogP contribution in [0.2, 0.25) is 0 Å². The van der Waals surface area contributed by atoms with Crippen LogP contribution in [0, 0.1) is 0 Å². The number of carbonyl (C=O) groups excluding carboxylic acids is 1. The molecule has 2 aromatic carbocycles. The predicted octanol–water partition coefficient (Wildman–Crippen LogP) is 4.18. The molecule has 2 heterocycles. The molecule has 4 rings (SSSR count). The van der Waals surface area contributed by atoms with E-state index in [1.807, 2.05) is 59.4 Å². The molecule has 0 aliphatic carbocycles. The van der Waals surface area contributed by atoms with Gasteiger partial charge in [-0.05, 0) is 42.8 Å². The normalized spacial score (nSPS) is 14.9. The summed E-state index contributed by atoms with van der Waals surface area (Å²) in [5, 5.41) is 11.2. The van der Waals surface area contributed by atoms with Gasteiger partial charge in [-0.3, -0.25) is 4.79 Å². The highest BCUT2D eigenvalue weighted by Gasteiger charge is 2.18. The molecule has 1 N–H and O–H groups in total. The smallest absolute Gasteiger partial charge is 0.255 e. The zero-order valence-electron chi connectivity index (χ0n) is 13.8. The van der Waals surface area contributed by atoms with E-state index in [-0.39, 0.29) is 5.91 Å². The van der Waals surface area contributed by atoms with Gasteiger partial charge in [0.05, 0.1) is 10.1 Å². The van der Waals surface area contributed by atoms with Gasteiger partial charge < -0.3 is 5.32 Å². The maximum absolute atomic E-state index is 12.6. The minimum Gasteiger partial charge on any atom is -0.322 e. The lowest BCUT2D eigenvalue weighted by molar-refractivity contribution is 0.102. The van der Waals surface area contributed by atoms with Gasteiger partial charge in [0.15, 0.2) is 0 Å². The second-order valence-electron chi connectivity index (χ2n) is 5.76. The summed E-state index contributed by atoms with van der Waals surface area (Å²) in [6.07, 6.45) is 0. The highest BCUT2D eigenvalue weighted by Crippen LogP contribution is 2.45. The Labute approximate surface area is 154 Å². The third-order valence-corrected chi connectivity index (χ3v) is 7.22. The first-order valence-corrected chi connectivity index (χ1v) is 10.3. The van der Waals surface area contributed by atoms with Gasteiger partial charge in [0.1, 0.15) is 5.52 Å². The van der Waals surface area contributed by atoms with Crippen LogP contribution in [0.4, 0.5) is 5.69 Å². The number of anilines is 1. The van der Waals surface area contributed by atoms with Gasteiger partial charge >= 0.3 is 0 Å². The second-order valence-corrected chi connectivity index (χ2v) is 8.49. The van der Waals surface area contributed by atoms with Crippen molar-refractivity contribution in [3.05, 3.63) is 53.6 Å². The number of fused-ring (bicyclic) bond motifs is 1. The van der Waals surface area contributed by atoms with Crippen molar-refractivity contribution in [3.63, 3.8) is 0 Å². The van der Waals surface area contributed by atoms with Crippen molar-refractivity contribution in [1.29, 1.82) is 0 Å². The van der Waals surface area contributed by atoms with E-state index in [0.29, 0.717) is 10.1 Å². The van der Waals surface area contributed by atoms with Crippen molar-refractivity contribution in [3.8, 4) is 0 Å². The minimum atomic E-state index is -0.128. The Hall–Kier alpha value is -1.99. The monoisotopic (exact) mass is 370 g/mol. The molecular formula is C18H18N4OS2. The Morgan fingerprint density at radius 3 is 2.88 bits per heavy atom. The molecule has 0 radical (unpaired) electrons. The van der Waals surface area contributed by atoms with Crippen LogP contribution in [-0.4, -0.2) is 32.4 Å². The number of aromatic nitrogens is 3. The van der Waals surface area contributed by atoms with Gasteiger partial charge in [-0.25, -0.2) is 4.68 Å². The molecule has 7 heteroatoms. The van der Waals surface area contributed by atoms with Crippen molar-refractivity contribution in [2.45, 2.75) is 18.1 Å². The van der Waals surface area contributed by atoms with Crippen molar-refractivity contribution in [2.24, 2.45) is 0 Å². The lowest BCUT2D eigenvalue weighted by atomic mass is 10.1. The van der Waals surface area contributed by atoms with Crippen LogP contribution in [0.25, 0.3) is 11.0 Å². The summed E-state index contributed by atoms with van der Waals surface area (Å²) >= 11 is 3.92. The van der Waals surface area contributed by atoms with Crippen molar-refractivity contribution >= 4 is 46.2 Å². The van der Waals surface area contributed by atoms with Crippen molar-refractivity contribution in [1.82, 2.24) is 15.0 Å². The fourth-order valence-corrected chi connectivity index (χ4v) is 5.70. The number of benzene rings is 2. The van der Waals surface area contributed by atoms with Crippen LogP contribution in [0.3, 0.4) is 0 Å². The fourth-order valence-electron chi connectivity index (χ4n) is 2.86. The summed E-state index contributed by atoms with van der Waals surface area (Å²) in [5.74, 6) is 2.24. The number of hydrogen-bond donors (Lipinski definition) is 1. The molecule has 0 atom stereocenters. The van der Waals surface area contributed by atoms with Crippen LogP contribution >= 0.6 is 23.5 Å². The molecule has 0 unspecified atom stereocenters. The average molecular weight is 371 g/mol. The van der Waals surface area contributed by atoms with E-state index in [1.54, 1.807) is 6.07 Å². The highest BCUT2D eigenvalue weighted by molar-refractivity contribution is 8.19. The third kappa shape index (κ3) is 3.39. The molecule has 0 bridgehead atoms. The van der Waals surface area contributed by atoms with Gasteiger partial charge in [-0.2, -0.15) is 0 Å². The average Bonchev–Trinajstić information content (AvgIpc) is 3.31. The first-order valence-electron chi connectivity index (χ1n) is 8.22. The first-order chi connectivity index (χ1) is 12.2. The molecule has 0 spiro atoms. The number of carbonyl (C=O) groups is 1. The van der Waals surface area contributed by atoms with Crippen LogP contribution in [-0.2, 0) is 6.54 Å². The summed E-state index contributed by atoms with van der Waals surface area (Å²) in [5.41, 5.74) is 4.35. The number of thioether (sulfide) groups is 2. The number of nitrogens with one attached hydrogen (secondary N) is 1. The largest absolute Gasteiger partial charge is 0.322 e. The third-order valence-electron chi connectivity index (χ3n) is 4.11. The Balaban J connectivity index is 1.54. The molecule has 1 aliphatic heterocycles. The minimum absolute atomic E-state index is 0.128. The first kappa shape index (κ1) is 16.5. The van der Waals surface area contributed by atoms with Gasteiger partial charge in [0.2, 0.25) is 0 Å². The lowest BCUT2D eigenvalue weighted by Gasteiger charge is -2.11. The Kier molecular flexibility index (Phi) is 4.67. The lowest BCUT2D eigenvalue weighted by Crippen LogP contribution is -2.12. The molecule has 1 aliphatic rings. The Morgan fingerprint density at radius 2 is 2.08 bits per heavy atom. The fraction of sp³-hybridized carbons (Fsp3) is 0.278. The summed E-state index contributed by atoms with van der Waals surface area (Å²) in [7, 11) is 0. The second kappa shape index (κ2) is 7.09. The van der Waals surface area contributed by atoms with E-state index in [9.17, 15) is 4.79 Å². The summed E-state index contributed by atoms with van der Waals surface area (Å²) < 4.78 is 2.29. The standard InChI is InChI=1S/C18H18N4OS2/c1-2-22-16-7-6-12(11-15(16)20-21-22)17(23)19-14-5-3-4-13(10-14)18-24-8-9-25-18/h3-7,10-11,18H,2,8-9H2,1H3,(H,19,23).